The number of allylic oxidation sites excluding steroid dienone is 1. The minimum Gasteiger partial charge on any atom is -0.493 e. The molecule has 1 heterocycles. The van der Waals surface area contributed by atoms with Gasteiger partial charge < -0.3 is 39.2 Å². The maximum absolute atomic E-state index is 12.8. The van der Waals surface area contributed by atoms with Gasteiger partial charge in [0, 0.05) is 6.07 Å². The number of aliphatic hydroxyl groups excluding tert-OH is 1. The normalized spacial score (nSPS) is 15.0. The van der Waals surface area contributed by atoms with Gasteiger partial charge in [-0.15, -0.1) is 0 Å². The van der Waals surface area contributed by atoms with Gasteiger partial charge in [0.15, 0.2) is 29.9 Å². The molecule has 2 atom stereocenters. The number of ketones is 1. The number of hydrogen-bond donors (Lipinski definition) is 3. The summed E-state index contributed by atoms with van der Waals surface area (Å²) in [4.78, 5) is 35.9. The van der Waals surface area contributed by atoms with Crippen LogP contribution in [0, 0.1) is 0 Å². The average molecular weight is 487 g/mol. The second kappa shape index (κ2) is 10.8. The average Bonchev–Trinajstić information content (AvgIpc) is 3.14. The number of fused-ring (bicyclic) bond motifs is 1. The Labute approximate surface area is 200 Å². The largest absolute Gasteiger partial charge is 0.493 e. The highest BCUT2D eigenvalue weighted by Gasteiger charge is 2.29. The zero-order valence-electron chi connectivity index (χ0n) is 19.5. The van der Waals surface area contributed by atoms with Crippen molar-refractivity contribution in [3.8, 4) is 28.7 Å². The molecule has 0 saturated carbocycles. The van der Waals surface area contributed by atoms with E-state index in [1.54, 1.807) is 12.1 Å². The molecular formula is C24H25NO10. The van der Waals surface area contributed by atoms with Crippen molar-refractivity contribution in [3.05, 3.63) is 47.2 Å². The van der Waals surface area contributed by atoms with Crippen LogP contribution in [0.15, 0.2) is 36.1 Å². The predicted octanol–water partition coefficient (Wildman–Crippen LogP) is 1.66. The molecule has 186 valence electrons. The van der Waals surface area contributed by atoms with Crippen molar-refractivity contribution in [1.29, 1.82) is 0 Å². The fourth-order valence-electron chi connectivity index (χ4n) is 3.35. The Kier molecular flexibility index (Phi) is 7.82. The minimum atomic E-state index is -1.46. The van der Waals surface area contributed by atoms with E-state index in [1.165, 1.54) is 52.5 Å². The third-order valence-corrected chi connectivity index (χ3v) is 5.06. The molecule has 2 unspecified atom stereocenters. The van der Waals surface area contributed by atoms with E-state index in [0.29, 0.717) is 28.4 Å². The third kappa shape index (κ3) is 5.64. The number of amides is 1. The lowest BCUT2D eigenvalue weighted by atomic mass is 10.1. The highest BCUT2D eigenvalue weighted by atomic mass is 16.5. The fourth-order valence-corrected chi connectivity index (χ4v) is 3.35. The molecule has 11 nitrogen and oxygen atoms in total. The summed E-state index contributed by atoms with van der Waals surface area (Å²) in [5.74, 6) is -0.697. The number of aliphatic hydroxyl groups is 1. The van der Waals surface area contributed by atoms with Gasteiger partial charge in [-0.1, -0.05) is 0 Å². The Balaban J connectivity index is 1.74. The van der Waals surface area contributed by atoms with Crippen LogP contribution in [0.3, 0.4) is 0 Å². The molecule has 1 aliphatic rings. The van der Waals surface area contributed by atoms with Crippen molar-refractivity contribution in [2.45, 2.75) is 19.1 Å². The summed E-state index contributed by atoms with van der Waals surface area (Å²) in [6.45, 7) is 0.745. The van der Waals surface area contributed by atoms with Gasteiger partial charge >= 0.3 is 5.97 Å². The number of carbonyl (C=O) groups excluding carboxylic acids is 2. The zero-order chi connectivity index (χ0) is 25.7. The van der Waals surface area contributed by atoms with E-state index < -0.39 is 30.6 Å². The quantitative estimate of drug-likeness (QED) is 0.422. The molecule has 0 bridgehead atoms. The molecule has 1 amide bonds. The molecule has 3 rings (SSSR count). The molecule has 0 saturated heterocycles. The maximum Gasteiger partial charge on any atom is 0.328 e. The van der Waals surface area contributed by atoms with Crippen LogP contribution in [0.5, 0.6) is 28.7 Å². The van der Waals surface area contributed by atoms with Crippen molar-refractivity contribution in [1.82, 2.24) is 5.32 Å². The summed E-state index contributed by atoms with van der Waals surface area (Å²) in [7, 11) is 4.45. The van der Waals surface area contributed by atoms with E-state index in [0.717, 1.165) is 0 Å². The molecule has 0 radical (unpaired) electrons. The van der Waals surface area contributed by atoms with Gasteiger partial charge in [-0.05, 0) is 42.8 Å². The maximum atomic E-state index is 12.8. The molecule has 35 heavy (non-hydrogen) atoms. The molecule has 0 aromatic heterocycles. The lowest BCUT2D eigenvalue weighted by molar-refractivity contribution is -0.145. The number of hydrogen-bond acceptors (Lipinski definition) is 9. The van der Waals surface area contributed by atoms with Gasteiger partial charge in [0.25, 0.3) is 5.91 Å². The number of rotatable bonds is 10. The van der Waals surface area contributed by atoms with Gasteiger partial charge in [0.2, 0.25) is 11.5 Å². The van der Waals surface area contributed by atoms with E-state index in [-0.39, 0.29) is 23.0 Å². The summed E-state index contributed by atoms with van der Waals surface area (Å²) < 4.78 is 27.1. The van der Waals surface area contributed by atoms with E-state index in [9.17, 15) is 19.5 Å². The Morgan fingerprint density at radius 1 is 1.09 bits per heavy atom. The fraction of sp³-hybridized carbons (Fsp3) is 0.292. The van der Waals surface area contributed by atoms with E-state index in [2.05, 4.69) is 5.32 Å². The zero-order valence-corrected chi connectivity index (χ0v) is 19.5. The SMILES string of the molecule is COc1cc(C=C2Oc3cc(OCC(=O)NC(C(=O)O)C(C)O)ccc3C2=O)cc(OC)c1OC. The van der Waals surface area contributed by atoms with Crippen LogP contribution in [0.4, 0.5) is 0 Å². The lowest BCUT2D eigenvalue weighted by Gasteiger charge is -2.17. The second-order valence-corrected chi connectivity index (χ2v) is 7.47. The minimum absolute atomic E-state index is 0.0606. The van der Waals surface area contributed by atoms with Crippen molar-refractivity contribution in [2.75, 3.05) is 27.9 Å². The van der Waals surface area contributed by atoms with Gasteiger partial charge in [-0.3, -0.25) is 9.59 Å². The van der Waals surface area contributed by atoms with Crippen LogP contribution in [0.1, 0.15) is 22.8 Å². The van der Waals surface area contributed by atoms with Gasteiger partial charge in [0.1, 0.15) is 11.5 Å². The van der Waals surface area contributed by atoms with E-state index in [1.807, 2.05) is 0 Å². The summed E-state index contributed by atoms with van der Waals surface area (Å²) in [5, 5.41) is 20.7. The molecule has 0 fully saturated rings. The number of benzene rings is 2. The summed E-state index contributed by atoms with van der Waals surface area (Å²) >= 11 is 0. The van der Waals surface area contributed by atoms with Crippen molar-refractivity contribution in [3.63, 3.8) is 0 Å². The van der Waals surface area contributed by atoms with Crippen molar-refractivity contribution < 1.29 is 48.3 Å². The summed E-state index contributed by atoms with van der Waals surface area (Å²) in [6, 6.07) is 6.29. The first-order valence-electron chi connectivity index (χ1n) is 10.4. The smallest absolute Gasteiger partial charge is 0.328 e. The molecule has 0 aliphatic carbocycles. The molecule has 2 aromatic carbocycles. The molecule has 3 N–H and O–H groups in total. The number of carbonyl (C=O) groups is 3. The van der Waals surface area contributed by atoms with Crippen LogP contribution >= 0.6 is 0 Å². The number of Topliss-reactive ketones (excluding diaryl/α,β-unsaturated/α-hetero) is 1. The highest BCUT2D eigenvalue weighted by molar-refractivity contribution is 6.14. The van der Waals surface area contributed by atoms with E-state index in [4.69, 9.17) is 28.8 Å². The number of methoxy groups -OCH3 is 3. The first-order valence-corrected chi connectivity index (χ1v) is 10.4. The van der Waals surface area contributed by atoms with Crippen LogP contribution in [-0.2, 0) is 9.59 Å². The standard InChI is InChI=1S/C24H25NO10/c1-12(26)21(24(29)30)25-20(27)11-34-14-5-6-15-16(10-14)35-17(22(15)28)7-13-8-18(31-2)23(33-4)19(9-13)32-3/h5-10,12,21,26H,11H2,1-4H3,(H,25,27)(H,29,30). The Morgan fingerprint density at radius 3 is 2.29 bits per heavy atom. The van der Waals surface area contributed by atoms with E-state index >= 15 is 0 Å². The number of nitrogens with one attached hydrogen (secondary N) is 1. The second-order valence-electron chi connectivity index (χ2n) is 7.47. The number of carboxylic acids is 1. The lowest BCUT2D eigenvalue weighted by Crippen LogP contribution is -2.49. The summed E-state index contributed by atoms with van der Waals surface area (Å²) in [6.07, 6.45) is 0.245. The van der Waals surface area contributed by atoms with Crippen LogP contribution in [0.2, 0.25) is 0 Å². The molecule has 2 aromatic rings. The Bertz CT molecular complexity index is 1150. The van der Waals surface area contributed by atoms with Crippen molar-refractivity contribution in [2.24, 2.45) is 0 Å². The first-order chi connectivity index (χ1) is 16.7. The molecule has 11 heteroatoms. The van der Waals surface area contributed by atoms with Gasteiger partial charge in [-0.25, -0.2) is 4.79 Å². The topological polar surface area (TPSA) is 150 Å². The van der Waals surface area contributed by atoms with Gasteiger partial charge in [-0.2, -0.15) is 0 Å². The number of aliphatic carboxylic acids is 1. The van der Waals surface area contributed by atoms with Crippen LogP contribution in [0.25, 0.3) is 6.08 Å². The Hall–Kier alpha value is -4.25. The number of carboxylic acid groups (broad SMARTS) is 1. The first kappa shape index (κ1) is 25.4. The predicted molar refractivity (Wildman–Crippen MR) is 122 cm³/mol. The van der Waals surface area contributed by atoms with Crippen LogP contribution in [-0.4, -0.2) is 68.0 Å². The molecular weight excluding hydrogens is 462 g/mol. The Morgan fingerprint density at radius 2 is 1.74 bits per heavy atom. The van der Waals surface area contributed by atoms with Crippen molar-refractivity contribution >= 4 is 23.7 Å². The van der Waals surface area contributed by atoms with Crippen LogP contribution < -0.4 is 29.0 Å². The highest BCUT2D eigenvalue weighted by Crippen LogP contribution is 2.40. The summed E-state index contributed by atoms with van der Waals surface area (Å²) in [5.41, 5.74) is 0.885. The molecule has 0 spiro atoms. The third-order valence-electron chi connectivity index (χ3n) is 5.06. The monoisotopic (exact) mass is 487 g/mol. The van der Waals surface area contributed by atoms with Gasteiger partial charge in [0.05, 0.1) is 33.0 Å². The molecule has 1 aliphatic heterocycles. The number of ether oxygens (including phenoxy) is 5.